The summed E-state index contributed by atoms with van der Waals surface area (Å²) in [5, 5.41) is 9.93. The Kier molecular flexibility index (Phi) is 2.99. The van der Waals surface area contributed by atoms with Crippen LogP contribution in [0.5, 0.6) is 0 Å². The number of amides is 1. The van der Waals surface area contributed by atoms with Crippen molar-refractivity contribution < 1.29 is 19.4 Å². The molecule has 2 heterocycles. The Hall–Kier alpha value is -2.66. The zero-order chi connectivity index (χ0) is 16.0. The molecule has 0 bridgehead atoms. The first-order valence-corrected chi connectivity index (χ1v) is 7.49. The Bertz CT molecular complexity index is 789. The monoisotopic (exact) mass is 309 g/mol. The highest BCUT2D eigenvalue weighted by Gasteiger charge is 2.59. The molecular formula is C18H15NO4. The third kappa shape index (κ3) is 1.77. The lowest BCUT2D eigenvalue weighted by Crippen LogP contribution is -2.55. The molecule has 0 unspecified atom stereocenters. The molecule has 0 saturated carbocycles. The van der Waals surface area contributed by atoms with Crippen molar-refractivity contribution in [2.45, 2.75) is 11.6 Å². The highest BCUT2D eigenvalue weighted by atomic mass is 16.5. The largest absolute Gasteiger partial charge is 0.481 e. The first-order valence-electron chi connectivity index (χ1n) is 7.49. The first-order chi connectivity index (χ1) is 11.2. The quantitative estimate of drug-likeness (QED) is 0.923. The Morgan fingerprint density at radius 2 is 1.83 bits per heavy atom. The third-order valence-electron chi connectivity index (χ3n) is 4.61. The highest BCUT2D eigenvalue weighted by molar-refractivity contribution is 6.01. The van der Waals surface area contributed by atoms with E-state index >= 15 is 0 Å². The number of hydrogen-bond acceptors (Lipinski definition) is 3. The van der Waals surface area contributed by atoms with Crippen molar-refractivity contribution in [1.29, 1.82) is 0 Å². The van der Waals surface area contributed by atoms with E-state index in [0.717, 1.165) is 0 Å². The number of hydrogen-bond donors (Lipinski definition) is 1. The van der Waals surface area contributed by atoms with E-state index in [4.69, 9.17) is 4.74 Å². The second-order valence-electron chi connectivity index (χ2n) is 5.73. The smallest absolute Gasteiger partial charge is 0.316 e. The van der Waals surface area contributed by atoms with Gasteiger partial charge in [-0.2, -0.15) is 0 Å². The molecule has 2 aromatic carbocycles. The van der Waals surface area contributed by atoms with E-state index in [0.29, 0.717) is 29.8 Å². The lowest BCUT2D eigenvalue weighted by Gasteiger charge is -2.45. The van der Waals surface area contributed by atoms with Gasteiger partial charge in [-0.15, -0.1) is 0 Å². The van der Waals surface area contributed by atoms with Gasteiger partial charge >= 0.3 is 5.97 Å². The Morgan fingerprint density at radius 3 is 2.57 bits per heavy atom. The summed E-state index contributed by atoms with van der Waals surface area (Å²) in [5.41, 5.74) is 0.357. The molecule has 2 aromatic rings. The average Bonchev–Trinajstić information content (AvgIpc) is 3.02. The summed E-state index contributed by atoms with van der Waals surface area (Å²) in [6.07, 6.45) is 0. The molecule has 0 aliphatic carbocycles. The van der Waals surface area contributed by atoms with Crippen molar-refractivity contribution in [2.75, 3.05) is 13.2 Å². The first kappa shape index (κ1) is 14.0. The number of fused-ring (bicyclic) bond motifs is 2. The van der Waals surface area contributed by atoms with Gasteiger partial charge in [-0.1, -0.05) is 48.5 Å². The van der Waals surface area contributed by atoms with Gasteiger partial charge in [0, 0.05) is 17.7 Å². The lowest BCUT2D eigenvalue weighted by molar-refractivity contribution is -0.158. The van der Waals surface area contributed by atoms with Crippen molar-refractivity contribution in [1.82, 2.24) is 4.90 Å². The molecule has 0 spiro atoms. The average molecular weight is 309 g/mol. The zero-order valence-corrected chi connectivity index (χ0v) is 12.3. The highest BCUT2D eigenvalue weighted by Crippen LogP contribution is 2.50. The van der Waals surface area contributed by atoms with Crippen LogP contribution < -0.4 is 0 Å². The van der Waals surface area contributed by atoms with Gasteiger partial charge in [0.15, 0.2) is 5.72 Å². The number of nitrogens with zero attached hydrogens (tertiary/aromatic N) is 1. The summed E-state index contributed by atoms with van der Waals surface area (Å²) in [5.74, 6) is -2.14. The van der Waals surface area contributed by atoms with Crippen LogP contribution in [-0.2, 0) is 15.3 Å². The second kappa shape index (κ2) is 4.93. The van der Waals surface area contributed by atoms with E-state index in [1.54, 1.807) is 29.2 Å². The van der Waals surface area contributed by atoms with Crippen molar-refractivity contribution in [2.24, 2.45) is 0 Å². The molecule has 116 valence electrons. The summed E-state index contributed by atoms with van der Waals surface area (Å²) in [7, 11) is 0. The molecule has 5 nitrogen and oxygen atoms in total. The molecule has 5 heteroatoms. The number of aliphatic carboxylic acids is 1. The van der Waals surface area contributed by atoms with E-state index in [2.05, 4.69) is 0 Å². The molecule has 0 radical (unpaired) electrons. The number of carboxylic acids is 1. The molecule has 23 heavy (non-hydrogen) atoms. The Labute approximate surface area is 133 Å². The Morgan fingerprint density at radius 1 is 1.13 bits per heavy atom. The molecule has 0 aromatic heterocycles. The summed E-state index contributed by atoms with van der Waals surface area (Å²) >= 11 is 0. The van der Waals surface area contributed by atoms with Gasteiger partial charge < -0.3 is 14.7 Å². The number of carboxylic acid groups (broad SMARTS) is 1. The van der Waals surface area contributed by atoms with Crippen molar-refractivity contribution >= 4 is 11.9 Å². The fraction of sp³-hybridized carbons (Fsp3) is 0.222. The topological polar surface area (TPSA) is 66.8 Å². The summed E-state index contributed by atoms with van der Waals surface area (Å²) < 4.78 is 5.96. The predicted molar refractivity (Wildman–Crippen MR) is 81.9 cm³/mol. The van der Waals surface area contributed by atoms with E-state index in [-0.39, 0.29) is 5.91 Å². The molecule has 4 rings (SSSR count). The number of carbonyl (C=O) groups excluding carboxylic acids is 1. The van der Waals surface area contributed by atoms with Gasteiger partial charge in [-0.25, -0.2) is 0 Å². The minimum atomic E-state index is -1.28. The second-order valence-corrected chi connectivity index (χ2v) is 5.73. The van der Waals surface area contributed by atoms with Crippen LogP contribution in [0, 0.1) is 0 Å². The van der Waals surface area contributed by atoms with Crippen LogP contribution in [0.25, 0.3) is 0 Å². The summed E-state index contributed by atoms with van der Waals surface area (Å²) in [4.78, 5) is 26.6. The fourth-order valence-electron chi connectivity index (χ4n) is 3.71. The van der Waals surface area contributed by atoms with Crippen LogP contribution in [0.1, 0.15) is 27.4 Å². The van der Waals surface area contributed by atoms with Crippen LogP contribution in [0.4, 0.5) is 0 Å². The van der Waals surface area contributed by atoms with Crippen LogP contribution in [0.15, 0.2) is 54.6 Å². The predicted octanol–water partition coefficient (Wildman–Crippen LogP) is 2.19. The standard InChI is InChI=1S/C18H15NO4/c20-16-14-9-5-4-8-13(14)15(17(21)22)18(19(16)10-11-23-18)12-6-2-1-3-7-12/h1-9,15H,10-11H2,(H,21,22)/t15-,18+/m0/s1. The Balaban J connectivity index is 2.03. The fourth-order valence-corrected chi connectivity index (χ4v) is 3.71. The minimum Gasteiger partial charge on any atom is -0.481 e. The minimum absolute atomic E-state index is 0.181. The van der Waals surface area contributed by atoms with Crippen LogP contribution in [0.3, 0.4) is 0 Å². The molecule has 1 fully saturated rings. The van der Waals surface area contributed by atoms with Gasteiger partial charge in [0.05, 0.1) is 6.61 Å². The van der Waals surface area contributed by atoms with E-state index in [9.17, 15) is 14.7 Å². The third-order valence-corrected chi connectivity index (χ3v) is 4.61. The summed E-state index contributed by atoms with van der Waals surface area (Å²) in [6, 6.07) is 16.0. The number of rotatable bonds is 2. The van der Waals surface area contributed by atoms with Gasteiger partial charge in [0.25, 0.3) is 5.91 Å². The molecule has 2 aliphatic heterocycles. The van der Waals surface area contributed by atoms with Crippen LogP contribution >= 0.6 is 0 Å². The van der Waals surface area contributed by atoms with Gasteiger partial charge in [-0.3, -0.25) is 9.59 Å². The molecule has 1 saturated heterocycles. The summed E-state index contributed by atoms with van der Waals surface area (Å²) in [6.45, 7) is 0.699. The van der Waals surface area contributed by atoms with Crippen molar-refractivity contribution in [3.8, 4) is 0 Å². The molecule has 2 atom stereocenters. The van der Waals surface area contributed by atoms with Gasteiger partial charge in [0.1, 0.15) is 5.92 Å². The number of carbonyl (C=O) groups is 2. The molecule has 1 N–H and O–H groups in total. The lowest BCUT2D eigenvalue weighted by atomic mass is 9.77. The number of ether oxygens (including phenoxy) is 1. The molecular weight excluding hydrogens is 294 g/mol. The SMILES string of the molecule is O=C(O)[C@@H]1c2ccccc2C(=O)N2CCO[C@]12c1ccccc1. The van der Waals surface area contributed by atoms with Gasteiger partial charge in [-0.05, 0) is 11.6 Å². The van der Waals surface area contributed by atoms with Crippen molar-refractivity contribution in [3.63, 3.8) is 0 Å². The van der Waals surface area contributed by atoms with Crippen molar-refractivity contribution in [3.05, 3.63) is 71.3 Å². The zero-order valence-electron chi connectivity index (χ0n) is 12.3. The maximum absolute atomic E-state index is 12.9. The normalized spacial score (nSPS) is 25.8. The van der Waals surface area contributed by atoms with Gasteiger partial charge in [0.2, 0.25) is 0 Å². The van der Waals surface area contributed by atoms with Crippen LogP contribution in [-0.4, -0.2) is 35.0 Å². The van der Waals surface area contributed by atoms with E-state index in [1.807, 2.05) is 30.3 Å². The van der Waals surface area contributed by atoms with E-state index < -0.39 is 17.6 Å². The molecule has 1 amide bonds. The number of benzene rings is 2. The maximum Gasteiger partial charge on any atom is 0.316 e. The van der Waals surface area contributed by atoms with Crippen LogP contribution in [0.2, 0.25) is 0 Å². The maximum atomic E-state index is 12.9. The van der Waals surface area contributed by atoms with E-state index in [1.165, 1.54) is 0 Å². The molecule has 2 aliphatic rings.